The largest absolute Gasteiger partial charge is 0.477 e. The Morgan fingerprint density at radius 1 is 0.330 bits per heavy atom. The number of unbranched alkanes of at least 4 members (excludes halogenated alkanes) is 25. The highest BCUT2D eigenvalue weighted by Crippen LogP contribution is 2.17. The topological polar surface area (TPSA) is 108 Å². The summed E-state index contributed by atoms with van der Waals surface area (Å²) in [5.74, 6) is -2.09. The normalized spacial score (nSPS) is 13.6. The van der Waals surface area contributed by atoms with E-state index in [0.717, 1.165) is 103 Å². The molecule has 2 atom stereocenters. The number of ether oxygens (including phenoxy) is 4. The molecule has 0 spiro atoms. The van der Waals surface area contributed by atoms with Crippen molar-refractivity contribution in [3.8, 4) is 0 Å². The number of nitrogens with zero attached hydrogens (tertiary/aromatic N) is 1. The lowest BCUT2D eigenvalue weighted by atomic mass is 10.0. The van der Waals surface area contributed by atoms with Gasteiger partial charge in [-0.1, -0.05) is 313 Å². The lowest BCUT2D eigenvalue weighted by Crippen LogP contribution is -2.40. The lowest BCUT2D eigenvalue weighted by molar-refractivity contribution is -0.870. The second-order valence-corrected chi connectivity index (χ2v) is 25.1. The Labute approximate surface area is 559 Å². The van der Waals surface area contributed by atoms with Crippen molar-refractivity contribution < 1.29 is 42.9 Å². The fraction of sp³-hybridized carbons (Fsp3) is 0.646. The number of hydrogen-bond acceptors (Lipinski definition) is 7. The van der Waals surface area contributed by atoms with E-state index in [1.54, 1.807) is 0 Å². The van der Waals surface area contributed by atoms with E-state index >= 15 is 0 Å². The van der Waals surface area contributed by atoms with Crippen LogP contribution in [-0.4, -0.2) is 87.4 Å². The molecule has 0 aliphatic rings. The van der Waals surface area contributed by atoms with Crippen molar-refractivity contribution in [2.45, 2.75) is 296 Å². The molecule has 0 aromatic heterocycles. The summed E-state index contributed by atoms with van der Waals surface area (Å²) in [7, 11) is 5.95. The molecule has 0 bridgehead atoms. The molecule has 1 N–H and O–H groups in total. The number of carboxylic acids is 1. The third-order valence-corrected chi connectivity index (χ3v) is 15.3. The van der Waals surface area contributed by atoms with Crippen LogP contribution in [0.1, 0.15) is 284 Å². The van der Waals surface area contributed by atoms with Crippen LogP contribution >= 0.6 is 0 Å². The first-order valence-electron chi connectivity index (χ1n) is 36.6. The molecule has 0 fully saturated rings. The molecule has 0 amide bonds. The average molecular weight is 1260 g/mol. The van der Waals surface area contributed by atoms with Gasteiger partial charge in [0.2, 0.25) is 0 Å². The zero-order valence-electron chi connectivity index (χ0n) is 58.9. The summed E-state index contributed by atoms with van der Waals surface area (Å²) in [5.41, 5.74) is 0. The van der Waals surface area contributed by atoms with Crippen molar-refractivity contribution >= 4 is 17.9 Å². The molecule has 0 aliphatic carbocycles. The van der Waals surface area contributed by atoms with Crippen molar-refractivity contribution in [3.05, 3.63) is 158 Å². The first-order valence-corrected chi connectivity index (χ1v) is 36.6. The minimum Gasteiger partial charge on any atom is -0.477 e. The van der Waals surface area contributed by atoms with Crippen molar-refractivity contribution in [2.24, 2.45) is 0 Å². The molecule has 0 aromatic carbocycles. The van der Waals surface area contributed by atoms with Crippen LogP contribution in [0.4, 0.5) is 0 Å². The summed E-state index contributed by atoms with van der Waals surface area (Å²) in [4.78, 5) is 37.6. The Hall–Kier alpha value is -5.09. The molecule has 9 nitrogen and oxygen atoms in total. The maximum Gasteiger partial charge on any atom is 0.361 e. The number of carbonyl (C=O) groups excluding carboxylic acids is 2. The van der Waals surface area contributed by atoms with Crippen LogP contribution in [0.25, 0.3) is 0 Å². The number of quaternary nitrogens is 1. The number of hydrogen-bond donors (Lipinski definition) is 1. The van der Waals surface area contributed by atoms with E-state index in [9.17, 15) is 19.5 Å². The Bertz CT molecular complexity index is 2060. The van der Waals surface area contributed by atoms with Crippen LogP contribution in [0.15, 0.2) is 158 Å². The molecule has 0 saturated heterocycles. The summed E-state index contributed by atoms with van der Waals surface area (Å²) in [5, 5.41) is 9.75. The third-order valence-electron chi connectivity index (χ3n) is 15.3. The zero-order chi connectivity index (χ0) is 66.1. The van der Waals surface area contributed by atoms with E-state index in [-0.39, 0.29) is 38.6 Å². The van der Waals surface area contributed by atoms with Crippen LogP contribution in [0.2, 0.25) is 0 Å². The highest BCUT2D eigenvalue weighted by molar-refractivity contribution is 5.71. The van der Waals surface area contributed by atoms with Gasteiger partial charge in [-0.3, -0.25) is 9.59 Å². The standard InChI is InChI=1S/C82H135NO8/c1-6-8-10-12-14-16-18-20-22-24-26-28-30-32-34-36-37-38-39-40-41-42-43-45-46-48-50-52-54-56-58-60-62-64-66-68-70-72-79(84)89-76-78(77-90-82(81(86)87)88-75-74-83(3,4)5)91-80(85)73-71-69-67-65-63-61-59-57-55-53-51-49-47-44-35-33-31-29-27-25-23-21-19-17-15-13-11-9-7-2/h8-11,14-17,20-23,26-29,33,35,47,49,53,55,59,61,65,67,78,82H,6-7,12-13,18-19,24-25,30-32,34,36-46,48,50-52,54,56-58,60,62-64,66,68-77H2,1-5H3/p+1/b10-8-,11-9-,16-14-,17-15-,22-20-,23-21-,28-26-,29-27-,35-33-,49-47-,55-53-,61-59-,67-65-. The van der Waals surface area contributed by atoms with Crippen LogP contribution in [0.5, 0.6) is 0 Å². The Kier molecular flexibility index (Phi) is 66.8. The van der Waals surface area contributed by atoms with Gasteiger partial charge in [0.25, 0.3) is 6.29 Å². The molecule has 2 unspecified atom stereocenters. The molecule has 0 saturated carbocycles. The first kappa shape index (κ1) is 85.9. The Balaban J connectivity index is 4.15. The van der Waals surface area contributed by atoms with E-state index in [2.05, 4.69) is 172 Å². The summed E-state index contributed by atoms with van der Waals surface area (Å²) in [6.07, 6.45) is 102. The monoisotopic (exact) mass is 1260 g/mol. The predicted octanol–water partition coefficient (Wildman–Crippen LogP) is 23.2. The zero-order valence-corrected chi connectivity index (χ0v) is 58.9. The molecule has 9 heteroatoms. The van der Waals surface area contributed by atoms with Crippen molar-refractivity contribution in [1.29, 1.82) is 0 Å². The third kappa shape index (κ3) is 72.2. The van der Waals surface area contributed by atoms with Gasteiger partial charge in [-0.2, -0.15) is 0 Å². The number of esters is 2. The molecule has 0 radical (unpaired) electrons. The SMILES string of the molecule is CC/C=C\C/C=C\C/C=C\C/C=C\C/C=C\C/C=C\C/C=C\C/C=C\C/C=C\CCCC(=O)OC(COC(=O)CCCCCCCCCCCCCCCCCCCCCCCCCC/C=C\C/C=C\C/C=C\C/C=C\CC)COC(OCC[N+](C)(C)C)C(=O)O. The first-order chi connectivity index (χ1) is 44.6. The van der Waals surface area contributed by atoms with E-state index in [1.165, 1.54) is 141 Å². The van der Waals surface area contributed by atoms with E-state index in [4.69, 9.17) is 18.9 Å². The van der Waals surface area contributed by atoms with Crippen LogP contribution < -0.4 is 0 Å². The predicted molar refractivity (Wildman–Crippen MR) is 391 cm³/mol. The smallest absolute Gasteiger partial charge is 0.361 e. The van der Waals surface area contributed by atoms with Crippen molar-refractivity contribution in [2.75, 3.05) is 47.5 Å². The van der Waals surface area contributed by atoms with Gasteiger partial charge in [0, 0.05) is 12.8 Å². The van der Waals surface area contributed by atoms with Gasteiger partial charge >= 0.3 is 17.9 Å². The maximum atomic E-state index is 12.9. The van der Waals surface area contributed by atoms with Crippen LogP contribution in [-0.2, 0) is 33.3 Å². The molecule has 516 valence electrons. The number of aliphatic carboxylic acids is 1. The molecular formula is C82H136NO8+. The minimum absolute atomic E-state index is 0.170. The molecule has 0 aromatic rings. The Morgan fingerprint density at radius 3 is 0.912 bits per heavy atom. The highest BCUT2D eigenvalue weighted by atomic mass is 16.7. The van der Waals surface area contributed by atoms with Gasteiger partial charge in [0.1, 0.15) is 13.2 Å². The van der Waals surface area contributed by atoms with E-state index < -0.39 is 24.3 Å². The second-order valence-electron chi connectivity index (χ2n) is 25.1. The highest BCUT2D eigenvalue weighted by Gasteiger charge is 2.25. The number of likely N-dealkylation sites (N-methyl/N-ethyl adjacent to an activating group) is 1. The van der Waals surface area contributed by atoms with E-state index in [1.807, 2.05) is 21.1 Å². The van der Waals surface area contributed by atoms with Gasteiger partial charge in [0.15, 0.2) is 6.10 Å². The van der Waals surface area contributed by atoms with Gasteiger partial charge in [-0.05, 0) is 116 Å². The van der Waals surface area contributed by atoms with Crippen molar-refractivity contribution in [1.82, 2.24) is 0 Å². The van der Waals surface area contributed by atoms with Crippen LogP contribution in [0, 0.1) is 0 Å². The summed E-state index contributed by atoms with van der Waals surface area (Å²) in [6.45, 7) is 4.59. The van der Waals surface area contributed by atoms with Gasteiger partial charge in [0.05, 0.1) is 34.4 Å². The van der Waals surface area contributed by atoms with Crippen LogP contribution in [0.3, 0.4) is 0 Å². The van der Waals surface area contributed by atoms with Gasteiger partial charge in [-0.15, -0.1) is 0 Å². The minimum atomic E-state index is -1.54. The molecular weight excluding hydrogens is 1130 g/mol. The number of carboxylic acid groups (broad SMARTS) is 1. The van der Waals surface area contributed by atoms with E-state index in [0.29, 0.717) is 23.9 Å². The summed E-state index contributed by atoms with van der Waals surface area (Å²) < 4.78 is 22.9. The molecule has 0 heterocycles. The molecule has 0 rings (SSSR count). The molecule has 0 aliphatic heterocycles. The average Bonchev–Trinajstić information content (AvgIpc) is 3.66. The summed E-state index contributed by atoms with van der Waals surface area (Å²) in [6, 6.07) is 0. The fourth-order valence-corrected chi connectivity index (χ4v) is 9.77. The number of allylic oxidation sites excluding steroid dienone is 26. The molecule has 91 heavy (non-hydrogen) atoms. The Morgan fingerprint density at radius 2 is 0.604 bits per heavy atom. The fourth-order valence-electron chi connectivity index (χ4n) is 9.77. The van der Waals surface area contributed by atoms with Crippen molar-refractivity contribution in [3.63, 3.8) is 0 Å². The van der Waals surface area contributed by atoms with Gasteiger partial charge in [-0.25, -0.2) is 4.79 Å². The number of rotatable bonds is 66. The quantitative estimate of drug-likeness (QED) is 0.0211. The van der Waals surface area contributed by atoms with Gasteiger partial charge < -0.3 is 28.5 Å². The maximum absolute atomic E-state index is 12.9. The second kappa shape index (κ2) is 70.8. The lowest BCUT2D eigenvalue weighted by Gasteiger charge is -2.25. The summed E-state index contributed by atoms with van der Waals surface area (Å²) >= 11 is 0. The number of carbonyl (C=O) groups is 3.